The van der Waals surface area contributed by atoms with Crippen LogP contribution in [0.3, 0.4) is 0 Å². The average molecular weight is 256 g/mol. The first-order valence-corrected chi connectivity index (χ1v) is 6.30. The van der Waals surface area contributed by atoms with Gasteiger partial charge in [0.2, 0.25) is 5.91 Å². The fraction of sp³-hybridized carbons (Fsp3) is 0.333. The second kappa shape index (κ2) is 5.68. The Morgan fingerprint density at radius 1 is 1.53 bits per heavy atom. The number of amides is 1. The van der Waals surface area contributed by atoms with E-state index in [1.165, 1.54) is 6.08 Å². The average Bonchev–Trinajstić information content (AvgIpc) is 2.41. The van der Waals surface area contributed by atoms with Crippen LogP contribution < -0.4 is 5.32 Å². The van der Waals surface area contributed by atoms with E-state index >= 15 is 0 Å². The second-order valence-corrected chi connectivity index (χ2v) is 4.87. The Balaban J connectivity index is 1.87. The van der Waals surface area contributed by atoms with Crippen LogP contribution in [0.25, 0.3) is 6.08 Å². The van der Waals surface area contributed by atoms with Gasteiger partial charge in [-0.3, -0.25) is 4.79 Å². The fourth-order valence-electron chi connectivity index (χ4n) is 1.96. The van der Waals surface area contributed by atoms with Gasteiger partial charge in [0.25, 0.3) is 0 Å². The van der Waals surface area contributed by atoms with E-state index in [0.29, 0.717) is 12.1 Å². The first kappa shape index (κ1) is 13.3. The van der Waals surface area contributed by atoms with Crippen molar-refractivity contribution in [2.75, 3.05) is 6.54 Å². The Hall–Kier alpha value is -2.12. The molecular formula is C15H16N2O2. The van der Waals surface area contributed by atoms with Crippen LogP contribution in [0.5, 0.6) is 0 Å². The molecule has 1 aliphatic carbocycles. The van der Waals surface area contributed by atoms with Crippen LogP contribution >= 0.6 is 0 Å². The van der Waals surface area contributed by atoms with Gasteiger partial charge in [0.15, 0.2) is 0 Å². The van der Waals surface area contributed by atoms with E-state index < -0.39 is 5.60 Å². The molecule has 1 aromatic carbocycles. The molecule has 2 N–H and O–H groups in total. The first-order valence-electron chi connectivity index (χ1n) is 6.30. The SMILES string of the molecule is N#Cc1cccc(/C=C/C(=O)NCC2(O)CCC2)c1. The number of carbonyl (C=O) groups is 1. The van der Waals surface area contributed by atoms with Gasteiger partial charge >= 0.3 is 0 Å². The molecule has 0 atom stereocenters. The zero-order chi connectivity index (χ0) is 13.7. The predicted octanol–water partition coefficient (Wildman–Crippen LogP) is 1.60. The van der Waals surface area contributed by atoms with Crippen LogP contribution in [0.2, 0.25) is 0 Å². The van der Waals surface area contributed by atoms with Gasteiger partial charge < -0.3 is 10.4 Å². The van der Waals surface area contributed by atoms with Crippen LogP contribution in [-0.4, -0.2) is 23.2 Å². The van der Waals surface area contributed by atoms with Crippen LogP contribution in [0.15, 0.2) is 30.3 Å². The lowest BCUT2D eigenvalue weighted by atomic mass is 9.80. The Labute approximate surface area is 112 Å². The zero-order valence-electron chi connectivity index (χ0n) is 10.6. The Morgan fingerprint density at radius 2 is 2.32 bits per heavy atom. The van der Waals surface area contributed by atoms with E-state index in [0.717, 1.165) is 24.8 Å². The molecule has 1 aromatic rings. The quantitative estimate of drug-likeness (QED) is 0.804. The molecule has 0 aromatic heterocycles. The summed E-state index contributed by atoms with van der Waals surface area (Å²) in [6.07, 6.45) is 5.59. The summed E-state index contributed by atoms with van der Waals surface area (Å²) in [5.41, 5.74) is 0.660. The molecule has 0 saturated heterocycles. The van der Waals surface area contributed by atoms with Crippen molar-refractivity contribution in [2.45, 2.75) is 24.9 Å². The number of hydrogen-bond donors (Lipinski definition) is 2. The number of benzene rings is 1. The molecule has 19 heavy (non-hydrogen) atoms. The summed E-state index contributed by atoms with van der Waals surface area (Å²) in [7, 11) is 0. The lowest BCUT2D eigenvalue weighted by molar-refractivity contribution is -0.118. The van der Waals surface area contributed by atoms with Gasteiger partial charge in [-0.2, -0.15) is 5.26 Å². The van der Waals surface area contributed by atoms with Gasteiger partial charge in [-0.15, -0.1) is 0 Å². The van der Waals surface area contributed by atoms with Gasteiger partial charge in [0.05, 0.1) is 17.2 Å². The molecule has 4 heteroatoms. The number of hydrogen-bond acceptors (Lipinski definition) is 3. The summed E-state index contributed by atoms with van der Waals surface area (Å²) in [6, 6.07) is 9.07. The Bertz CT molecular complexity index is 539. The molecule has 98 valence electrons. The minimum Gasteiger partial charge on any atom is -0.388 e. The van der Waals surface area contributed by atoms with Crippen molar-refractivity contribution in [2.24, 2.45) is 0 Å². The smallest absolute Gasteiger partial charge is 0.244 e. The van der Waals surface area contributed by atoms with E-state index in [4.69, 9.17) is 5.26 Å². The van der Waals surface area contributed by atoms with Crippen molar-refractivity contribution in [3.8, 4) is 6.07 Å². The highest BCUT2D eigenvalue weighted by molar-refractivity contribution is 5.91. The van der Waals surface area contributed by atoms with Crippen molar-refractivity contribution in [3.05, 3.63) is 41.5 Å². The molecular weight excluding hydrogens is 240 g/mol. The molecule has 0 heterocycles. The summed E-state index contributed by atoms with van der Waals surface area (Å²) in [5.74, 6) is -0.234. The van der Waals surface area contributed by atoms with Crippen LogP contribution in [0, 0.1) is 11.3 Å². The number of nitrogens with one attached hydrogen (secondary N) is 1. The molecule has 1 saturated carbocycles. The highest BCUT2D eigenvalue weighted by Crippen LogP contribution is 2.30. The number of carbonyl (C=O) groups excluding carboxylic acids is 1. The minimum absolute atomic E-state index is 0.234. The first-order chi connectivity index (χ1) is 9.11. The third kappa shape index (κ3) is 3.67. The molecule has 0 radical (unpaired) electrons. The van der Waals surface area contributed by atoms with Crippen LogP contribution in [0.1, 0.15) is 30.4 Å². The zero-order valence-corrected chi connectivity index (χ0v) is 10.6. The van der Waals surface area contributed by atoms with Gasteiger partial charge in [-0.05, 0) is 43.0 Å². The van der Waals surface area contributed by atoms with Crippen molar-refractivity contribution < 1.29 is 9.90 Å². The maximum atomic E-state index is 11.6. The molecule has 0 unspecified atom stereocenters. The summed E-state index contributed by atoms with van der Waals surface area (Å²) >= 11 is 0. The molecule has 2 rings (SSSR count). The van der Waals surface area contributed by atoms with E-state index in [2.05, 4.69) is 5.32 Å². The highest BCUT2D eigenvalue weighted by Gasteiger charge is 2.34. The van der Waals surface area contributed by atoms with E-state index in [1.807, 2.05) is 12.1 Å². The lowest BCUT2D eigenvalue weighted by Crippen LogP contribution is -2.47. The van der Waals surface area contributed by atoms with E-state index in [1.54, 1.807) is 24.3 Å². The number of nitriles is 1. The van der Waals surface area contributed by atoms with Gasteiger partial charge in [-0.25, -0.2) is 0 Å². The highest BCUT2D eigenvalue weighted by atomic mass is 16.3. The maximum absolute atomic E-state index is 11.6. The predicted molar refractivity (Wildman–Crippen MR) is 72.0 cm³/mol. The minimum atomic E-state index is -0.704. The standard InChI is InChI=1S/C15H16N2O2/c16-10-13-4-1-3-12(9-13)5-6-14(18)17-11-15(19)7-2-8-15/h1,3-6,9,19H,2,7-8,11H2,(H,17,18)/b6-5+. The van der Waals surface area contributed by atoms with Crippen molar-refractivity contribution in [3.63, 3.8) is 0 Å². The van der Waals surface area contributed by atoms with E-state index in [9.17, 15) is 9.90 Å². The Kier molecular flexibility index (Phi) is 3.98. The molecule has 0 spiro atoms. The molecule has 0 aliphatic heterocycles. The number of rotatable bonds is 4. The molecule has 1 fully saturated rings. The third-order valence-electron chi connectivity index (χ3n) is 3.32. The van der Waals surface area contributed by atoms with Gasteiger partial charge in [0.1, 0.15) is 0 Å². The van der Waals surface area contributed by atoms with Crippen molar-refractivity contribution in [1.82, 2.24) is 5.32 Å². The monoisotopic (exact) mass is 256 g/mol. The number of aliphatic hydroxyl groups is 1. The number of nitrogens with zero attached hydrogens (tertiary/aromatic N) is 1. The largest absolute Gasteiger partial charge is 0.388 e. The van der Waals surface area contributed by atoms with Gasteiger partial charge in [-0.1, -0.05) is 12.1 Å². The topological polar surface area (TPSA) is 73.1 Å². The fourth-order valence-corrected chi connectivity index (χ4v) is 1.96. The molecule has 1 aliphatic rings. The van der Waals surface area contributed by atoms with Crippen LogP contribution in [0.4, 0.5) is 0 Å². The van der Waals surface area contributed by atoms with Crippen molar-refractivity contribution in [1.29, 1.82) is 5.26 Å². The van der Waals surface area contributed by atoms with Crippen molar-refractivity contribution >= 4 is 12.0 Å². The summed E-state index contributed by atoms with van der Waals surface area (Å²) in [4.78, 5) is 11.6. The van der Waals surface area contributed by atoms with E-state index in [-0.39, 0.29) is 5.91 Å². The summed E-state index contributed by atoms with van der Waals surface area (Å²) < 4.78 is 0. The lowest BCUT2D eigenvalue weighted by Gasteiger charge is -2.36. The molecule has 4 nitrogen and oxygen atoms in total. The third-order valence-corrected chi connectivity index (χ3v) is 3.32. The van der Waals surface area contributed by atoms with Gasteiger partial charge in [0, 0.05) is 12.6 Å². The normalized spacial score (nSPS) is 16.6. The molecule has 0 bridgehead atoms. The summed E-state index contributed by atoms with van der Waals surface area (Å²) in [6.45, 7) is 0.300. The second-order valence-electron chi connectivity index (χ2n) is 4.87. The summed E-state index contributed by atoms with van der Waals surface area (Å²) in [5, 5.41) is 21.3. The Morgan fingerprint density at radius 3 is 2.95 bits per heavy atom. The maximum Gasteiger partial charge on any atom is 0.244 e. The molecule has 1 amide bonds. The van der Waals surface area contributed by atoms with Crippen LogP contribution in [-0.2, 0) is 4.79 Å².